The van der Waals surface area contributed by atoms with E-state index in [0.717, 1.165) is 44.1 Å². The van der Waals surface area contributed by atoms with Crippen LogP contribution in [-0.2, 0) is 13.1 Å². The van der Waals surface area contributed by atoms with E-state index in [4.69, 9.17) is 0 Å². The Morgan fingerprint density at radius 3 is 2.57 bits per heavy atom. The highest BCUT2D eigenvalue weighted by Gasteiger charge is 2.23. The lowest BCUT2D eigenvalue weighted by atomic mass is 10.0. The van der Waals surface area contributed by atoms with Crippen molar-refractivity contribution in [3.63, 3.8) is 0 Å². The number of nitrogens with one attached hydrogen (secondary N) is 1. The molecule has 4 rings (SSSR count). The van der Waals surface area contributed by atoms with Crippen molar-refractivity contribution in [1.29, 1.82) is 0 Å². The second-order valence-corrected chi connectivity index (χ2v) is 8.65. The van der Waals surface area contributed by atoms with Crippen molar-refractivity contribution in [2.45, 2.75) is 64.1 Å². The molecule has 2 aliphatic rings. The standard InChI is InChI=1S/C24H35N5O/c30-18-22-10-3-6-13-29(22)24-15-23(26-19-27-24)25-16-20-8-7-9-21(14-20)17-28-11-4-1-2-5-12-28/h7-9,14-15,19,22,30H,1-6,10-13,16-18H2,(H,25,26,27). The summed E-state index contributed by atoms with van der Waals surface area (Å²) < 4.78 is 0. The molecule has 3 heterocycles. The van der Waals surface area contributed by atoms with Crippen LogP contribution < -0.4 is 10.2 Å². The third-order valence-corrected chi connectivity index (χ3v) is 6.35. The smallest absolute Gasteiger partial charge is 0.134 e. The van der Waals surface area contributed by atoms with Gasteiger partial charge in [0.1, 0.15) is 18.0 Å². The van der Waals surface area contributed by atoms with Gasteiger partial charge in [-0.2, -0.15) is 0 Å². The van der Waals surface area contributed by atoms with Crippen molar-refractivity contribution in [2.24, 2.45) is 0 Å². The first-order valence-corrected chi connectivity index (χ1v) is 11.6. The predicted octanol–water partition coefficient (Wildman–Crippen LogP) is 3.82. The number of aliphatic hydroxyl groups excluding tert-OH is 1. The van der Waals surface area contributed by atoms with E-state index in [1.165, 1.54) is 56.3 Å². The van der Waals surface area contributed by atoms with Gasteiger partial charge in [-0.05, 0) is 56.3 Å². The molecule has 2 aliphatic heterocycles. The van der Waals surface area contributed by atoms with E-state index in [1.807, 2.05) is 6.07 Å². The first-order chi connectivity index (χ1) is 14.8. The van der Waals surface area contributed by atoms with Crippen LogP contribution in [0.3, 0.4) is 0 Å². The largest absolute Gasteiger partial charge is 0.394 e. The minimum absolute atomic E-state index is 0.164. The zero-order valence-electron chi connectivity index (χ0n) is 18.0. The van der Waals surface area contributed by atoms with Crippen LogP contribution in [0.2, 0.25) is 0 Å². The number of hydrogen-bond donors (Lipinski definition) is 2. The third kappa shape index (κ3) is 5.70. The topological polar surface area (TPSA) is 64.5 Å². The molecule has 0 amide bonds. The van der Waals surface area contributed by atoms with Crippen LogP contribution in [0.25, 0.3) is 0 Å². The van der Waals surface area contributed by atoms with Gasteiger partial charge in [0.05, 0.1) is 12.6 Å². The molecule has 1 atom stereocenters. The van der Waals surface area contributed by atoms with Crippen molar-refractivity contribution < 1.29 is 5.11 Å². The fraction of sp³-hybridized carbons (Fsp3) is 0.583. The van der Waals surface area contributed by atoms with Crippen LogP contribution in [0, 0.1) is 0 Å². The first kappa shape index (κ1) is 21.1. The van der Waals surface area contributed by atoms with Crippen LogP contribution in [0.4, 0.5) is 11.6 Å². The van der Waals surface area contributed by atoms with E-state index in [1.54, 1.807) is 6.33 Å². The number of aromatic nitrogens is 2. The van der Waals surface area contributed by atoms with Gasteiger partial charge in [-0.3, -0.25) is 4.90 Å². The van der Waals surface area contributed by atoms with Gasteiger partial charge in [-0.1, -0.05) is 37.1 Å². The number of hydrogen-bond acceptors (Lipinski definition) is 6. The Morgan fingerprint density at radius 2 is 1.73 bits per heavy atom. The summed E-state index contributed by atoms with van der Waals surface area (Å²) in [7, 11) is 0. The van der Waals surface area contributed by atoms with Crippen LogP contribution in [0.1, 0.15) is 56.1 Å². The summed E-state index contributed by atoms with van der Waals surface area (Å²) in [5, 5.41) is 13.2. The molecule has 0 spiro atoms. The summed E-state index contributed by atoms with van der Waals surface area (Å²) in [6, 6.07) is 11.1. The van der Waals surface area contributed by atoms with E-state index in [0.29, 0.717) is 0 Å². The minimum Gasteiger partial charge on any atom is -0.394 e. The molecule has 162 valence electrons. The van der Waals surface area contributed by atoms with Crippen molar-refractivity contribution in [3.8, 4) is 0 Å². The Morgan fingerprint density at radius 1 is 0.933 bits per heavy atom. The average molecular weight is 410 g/mol. The maximum absolute atomic E-state index is 9.70. The molecule has 2 fully saturated rings. The van der Waals surface area contributed by atoms with Gasteiger partial charge >= 0.3 is 0 Å². The second-order valence-electron chi connectivity index (χ2n) is 8.65. The number of likely N-dealkylation sites (tertiary alicyclic amines) is 1. The molecule has 30 heavy (non-hydrogen) atoms. The van der Waals surface area contributed by atoms with Crippen LogP contribution in [0.5, 0.6) is 0 Å². The molecule has 0 saturated carbocycles. The predicted molar refractivity (Wildman–Crippen MR) is 122 cm³/mol. The van der Waals surface area contributed by atoms with Crippen LogP contribution in [0.15, 0.2) is 36.7 Å². The summed E-state index contributed by atoms with van der Waals surface area (Å²) in [4.78, 5) is 13.7. The molecular weight excluding hydrogens is 374 g/mol. The maximum Gasteiger partial charge on any atom is 0.134 e. The number of rotatable bonds is 7. The van der Waals surface area contributed by atoms with Crippen molar-refractivity contribution >= 4 is 11.6 Å². The van der Waals surface area contributed by atoms with E-state index in [9.17, 15) is 5.11 Å². The SMILES string of the molecule is OCC1CCCCN1c1cc(NCc2cccc(CN3CCCCCC3)c2)ncn1. The molecule has 6 nitrogen and oxygen atoms in total. The lowest BCUT2D eigenvalue weighted by Crippen LogP contribution is -2.42. The van der Waals surface area contributed by atoms with Crippen LogP contribution >= 0.6 is 0 Å². The molecule has 0 bridgehead atoms. The van der Waals surface area contributed by atoms with E-state index < -0.39 is 0 Å². The second kappa shape index (κ2) is 10.7. The Labute approximate surface area is 180 Å². The molecule has 6 heteroatoms. The number of benzene rings is 1. The molecule has 1 aromatic carbocycles. The molecule has 2 aromatic rings. The Bertz CT molecular complexity index is 791. The fourth-order valence-electron chi connectivity index (χ4n) is 4.68. The summed E-state index contributed by atoms with van der Waals surface area (Å²) in [6.45, 7) is 5.35. The number of aliphatic hydroxyl groups is 1. The van der Waals surface area contributed by atoms with Gasteiger partial charge in [0.25, 0.3) is 0 Å². The van der Waals surface area contributed by atoms with Gasteiger partial charge in [0.15, 0.2) is 0 Å². The zero-order chi connectivity index (χ0) is 20.6. The normalized spacial score (nSPS) is 20.7. The lowest BCUT2D eigenvalue weighted by Gasteiger charge is -2.35. The quantitative estimate of drug-likeness (QED) is 0.725. The van der Waals surface area contributed by atoms with Gasteiger partial charge < -0.3 is 15.3 Å². The van der Waals surface area contributed by atoms with Gasteiger partial charge in [-0.15, -0.1) is 0 Å². The van der Waals surface area contributed by atoms with Crippen molar-refractivity contribution in [1.82, 2.24) is 14.9 Å². The molecule has 0 aliphatic carbocycles. The molecular formula is C24H35N5O. The average Bonchev–Trinajstić information content (AvgIpc) is 3.07. The molecule has 1 unspecified atom stereocenters. The summed E-state index contributed by atoms with van der Waals surface area (Å²) in [5.74, 6) is 1.74. The Kier molecular flexibility index (Phi) is 7.54. The number of anilines is 2. The highest BCUT2D eigenvalue weighted by Crippen LogP contribution is 2.24. The fourth-order valence-corrected chi connectivity index (χ4v) is 4.68. The third-order valence-electron chi connectivity index (χ3n) is 6.35. The first-order valence-electron chi connectivity index (χ1n) is 11.6. The highest BCUT2D eigenvalue weighted by atomic mass is 16.3. The van der Waals surface area contributed by atoms with Gasteiger partial charge in [-0.25, -0.2) is 9.97 Å². The summed E-state index contributed by atoms with van der Waals surface area (Å²) in [5.41, 5.74) is 2.66. The summed E-state index contributed by atoms with van der Waals surface area (Å²) >= 11 is 0. The van der Waals surface area contributed by atoms with Gasteiger partial charge in [0.2, 0.25) is 0 Å². The number of piperidine rings is 1. The monoisotopic (exact) mass is 409 g/mol. The summed E-state index contributed by atoms with van der Waals surface area (Å²) in [6.07, 6.45) is 10.4. The molecule has 2 saturated heterocycles. The maximum atomic E-state index is 9.70. The minimum atomic E-state index is 0.164. The number of nitrogens with zero attached hydrogens (tertiary/aromatic N) is 4. The van der Waals surface area contributed by atoms with Crippen LogP contribution in [-0.4, -0.2) is 52.3 Å². The Balaban J connectivity index is 1.36. The Hall–Kier alpha value is -2.18. The van der Waals surface area contributed by atoms with E-state index >= 15 is 0 Å². The molecule has 0 radical (unpaired) electrons. The molecule has 2 N–H and O–H groups in total. The van der Waals surface area contributed by atoms with Crippen molar-refractivity contribution in [3.05, 3.63) is 47.8 Å². The van der Waals surface area contributed by atoms with Gasteiger partial charge in [0, 0.05) is 25.7 Å². The molecule has 1 aromatic heterocycles. The van der Waals surface area contributed by atoms with E-state index in [-0.39, 0.29) is 12.6 Å². The van der Waals surface area contributed by atoms with E-state index in [2.05, 4.69) is 49.4 Å². The lowest BCUT2D eigenvalue weighted by molar-refractivity contribution is 0.239. The highest BCUT2D eigenvalue weighted by molar-refractivity contribution is 5.49. The van der Waals surface area contributed by atoms with Crippen molar-refractivity contribution in [2.75, 3.05) is 36.5 Å². The zero-order valence-corrected chi connectivity index (χ0v) is 18.0.